The third kappa shape index (κ3) is 3.70. The predicted molar refractivity (Wildman–Crippen MR) is 107 cm³/mol. The average molecular weight is 400 g/mol. The van der Waals surface area contributed by atoms with Gasteiger partial charge < -0.3 is 10.4 Å². The van der Waals surface area contributed by atoms with Gasteiger partial charge in [-0.15, -0.1) is 0 Å². The van der Waals surface area contributed by atoms with Crippen molar-refractivity contribution in [2.24, 2.45) is 0 Å². The van der Waals surface area contributed by atoms with E-state index in [1.807, 2.05) is 6.07 Å². The Morgan fingerprint density at radius 1 is 1.07 bits per heavy atom. The molecule has 0 fully saturated rings. The number of aromatic nitrogens is 2. The Morgan fingerprint density at radius 3 is 2.32 bits per heavy atom. The van der Waals surface area contributed by atoms with Crippen LogP contribution in [0.25, 0.3) is 5.69 Å². The number of carbonyl (C=O) groups excluding carboxylic acids is 1. The number of nitrogens with one attached hydrogen (secondary N) is 1. The lowest BCUT2D eigenvalue weighted by atomic mass is 10.2. The van der Waals surface area contributed by atoms with E-state index in [4.69, 9.17) is 11.6 Å². The lowest BCUT2D eigenvalue weighted by Crippen LogP contribution is -2.43. The molecule has 2 aromatic carbocycles. The third-order valence-electron chi connectivity index (χ3n) is 4.15. The summed E-state index contributed by atoms with van der Waals surface area (Å²) in [6.07, 6.45) is 0. The summed E-state index contributed by atoms with van der Waals surface area (Å²) >= 11 is 5.89. The third-order valence-corrected chi connectivity index (χ3v) is 4.40. The summed E-state index contributed by atoms with van der Waals surface area (Å²) in [6, 6.07) is 15.0. The zero-order chi connectivity index (χ0) is 20.3. The van der Waals surface area contributed by atoms with Crippen LogP contribution in [0.2, 0.25) is 5.02 Å². The van der Waals surface area contributed by atoms with Crippen molar-refractivity contribution in [2.75, 3.05) is 6.54 Å². The van der Waals surface area contributed by atoms with E-state index < -0.39 is 28.6 Å². The van der Waals surface area contributed by atoms with Crippen LogP contribution in [0, 0.1) is 0 Å². The highest BCUT2D eigenvalue weighted by atomic mass is 35.5. The molecule has 0 aliphatic rings. The molecule has 3 rings (SSSR count). The second kappa shape index (κ2) is 8.14. The van der Waals surface area contributed by atoms with Gasteiger partial charge >= 0.3 is 5.69 Å². The van der Waals surface area contributed by atoms with Crippen molar-refractivity contribution in [3.05, 3.63) is 91.6 Å². The van der Waals surface area contributed by atoms with Gasteiger partial charge in [-0.05, 0) is 36.8 Å². The lowest BCUT2D eigenvalue weighted by Gasteiger charge is -2.15. The van der Waals surface area contributed by atoms with E-state index in [0.29, 0.717) is 5.02 Å². The molecule has 0 atom stereocenters. The van der Waals surface area contributed by atoms with E-state index >= 15 is 0 Å². The molecular formula is C20H18ClN3O4. The highest BCUT2D eigenvalue weighted by Gasteiger charge is 2.24. The normalized spacial score (nSPS) is 10.6. The first-order valence-corrected chi connectivity index (χ1v) is 8.98. The van der Waals surface area contributed by atoms with Gasteiger partial charge in [0.1, 0.15) is 0 Å². The smallest absolute Gasteiger partial charge is 0.338 e. The highest BCUT2D eigenvalue weighted by Crippen LogP contribution is 2.16. The van der Waals surface area contributed by atoms with E-state index in [9.17, 15) is 19.5 Å². The van der Waals surface area contributed by atoms with Gasteiger partial charge in [0, 0.05) is 11.6 Å². The second-order valence-corrected chi connectivity index (χ2v) is 6.47. The zero-order valence-corrected chi connectivity index (χ0v) is 15.8. The average Bonchev–Trinajstić information content (AvgIpc) is 2.68. The van der Waals surface area contributed by atoms with Gasteiger partial charge in [-0.1, -0.05) is 41.9 Å². The van der Waals surface area contributed by atoms with Crippen LogP contribution < -0.4 is 16.6 Å². The van der Waals surface area contributed by atoms with Crippen LogP contribution in [-0.2, 0) is 6.54 Å². The summed E-state index contributed by atoms with van der Waals surface area (Å²) in [5, 5.41) is 13.5. The number of carbonyl (C=O) groups is 1. The first kappa shape index (κ1) is 19.4. The molecule has 8 heteroatoms. The predicted octanol–water partition coefficient (Wildman–Crippen LogP) is 2.16. The summed E-state index contributed by atoms with van der Waals surface area (Å²) in [5.74, 6) is -1.43. The van der Waals surface area contributed by atoms with Crippen LogP contribution in [0.5, 0.6) is 5.88 Å². The number of hydrogen-bond donors (Lipinski definition) is 2. The molecule has 1 heterocycles. The monoisotopic (exact) mass is 399 g/mol. The van der Waals surface area contributed by atoms with Gasteiger partial charge in [0.25, 0.3) is 11.5 Å². The number of amides is 1. The number of hydrogen-bond acceptors (Lipinski definition) is 4. The maximum absolute atomic E-state index is 13.0. The Labute approximate surface area is 165 Å². The van der Waals surface area contributed by atoms with Crippen molar-refractivity contribution in [2.45, 2.75) is 13.5 Å². The minimum atomic E-state index is -0.903. The Bertz CT molecular complexity index is 1120. The quantitative estimate of drug-likeness (QED) is 0.687. The molecule has 0 unspecified atom stereocenters. The van der Waals surface area contributed by atoms with Gasteiger partial charge in [-0.25, -0.2) is 9.36 Å². The molecular weight excluding hydrogens is 382 g/mol. The van der Waals surface area contributed by atoms with E-state index in [1.54, 1.807) is 31.2 Å². The highest BCUT2D eigenvalue weighted by molar-refractivity contribution is 6.30. The molecule has 7 nitrogen and oxygen atoms in total. The minimum absolute atomic E-state index is 0.00815. The molecule has 3 aromatic rings. The number of nitrogens with zero attached hydrogens (tertiary/aromatic N) is 2. The molecule has 2 N–H and O–H groups in total. The molecule has 1 aromatic heterocycles. The van der Waals surface area contributed by atoms with Crippen molar-refractivity contribution >= 4 is 17.5 Å². The summed E-state index contributed by atoms with van der Waals surface area (Å²) in [5.41, 5.74) is -1.19. The van der Waals surface area contributed by atoms with Gasteiger partial charge in [0.15, 0.2) is 5.56 Å². The zero-order valence-electron chi connectivity index (χ0n) is 15.1. The molecule has 0 saturated heterocycles. The fraction of sp³-hybridized carbons (Fsp3) is 0.150. The van der Waals surface area contributed by atoms with Crippen LogP contribution in [0.3, 0.4) is 0 Å². The fourth-order valence-corrected chi connectivity index (χ4v) is 2.94. The van der Waals surface area contributed by atoms with Crippen LogP contribution in [0.4, 0.5) is 0 Å². The second-order valence-electron chi connectivity index (χ2n) is 6.03. The Hall–Kier alpha value is -3.32. The Kier molecular flexibility index (Phi) is 5.65. The molecule has 0 radical (unpaired) electrons. The van der Waals surface area contributed by atoms with Gasteiger partial charge in [0.05, 0.1) is 12.2 Å². The Balaban J connectivity index is 2.29. The minimum Gasteiger partial charge on any atom is -0.494 e. The van der Waals surface area contributed by atoms with Gasteiger partial charge in [-0.3, -0.25) is 14.2 Å². The van der Waals surface area contributed by atoms with E-state index in [-0.39, 0.29) is 18.8 Å². The van der Waals surface area contributed by atoms with Gasteiger partial charge in [0.2, 0.25) is 5.88 Å². The van der Waals surface area contributed by atoms with Crippen molar-refractivity contribution in [3.63, 3.8) is 0 Å². The standard InChI is InChI=1S/C20H18ClN3O4/c1-2-22-17(25)16-18(26)23(12-13-6-4-3-5-7-13)20(28)24(19(16)27)15-10-8-14(21)9-11-15/h3-11,26H,2,12H2,1H3,(H,22,25). The van der Waals surface area contributed by atoms with Crippen molar-refractivity contribution in [1.82, 2.24) is 14.5 Å². The molecule has 0 aliphatic carbocycles. The summed E-state index contributed by atoms with van der Waals surface area (Å²) in [6.45, 7) is 1.94. The number of halogens is 1. The molecule has 0 spiro atoms. The first-order chi connectivity index (χ1) is 13.4. The van der Waals surface area contributed by atoms with Crippen molar-refractivity contribution < 1.29 is 9.90 Å². The molecule has 1 amide bonds. The lowest BCUT2D eigenvalue weighted by molar-refractivity contribution is 0.0949. The van der Waals surface area contributed by atoms with Crippen LogP contribution in [0.15, 0.2) is 64.2 Å². The summed E-state index contributed by atoms with van der Waals surface area (Å²) in [4.78, 5) is 38.4. The molecule has 0 bridgehead atoms. The number of rotatable bonds is 5. The maximum atomic E-state index is 13.0. The van der Waals surface area contributed by atoms with E-state index in [2.05, 4.69) is 5.32 Å². The van der Waals surface area contributed by atoms with Crippen molar-refractivity contribution in [1.29, 1.82) is 0 Å². The SMILES string of the molecule is CCNC(=O)c1c(O)n(Cc2ccccc2)c(=O)n(-c2ccc(Cl)cc2)c1=O. The van der Waals surface area contributed by atoms with Crippen LogP contribution >= 0.6 is 11.6 Å². The molecule has 0 saturated carbocycles. The molecule has 28 heavy (non-hydrogen) atoms. The number of aromatic hydroxyl groups is 1. The van der Waals surface area contributed by atoms with E-state index in [0.717, 1.165) is 14.7 Å². The van der Waals surface area contributed by atoms with Crippen LogP contribution in [-0.4, -0.2) is 26.7 Å². The van der Waals surface area contributed by atoms with Crippen LogP contribution in [0.1, 0.15) is 22.8 Å². The van der Waals surface area contributed by atoms with Gasteiger partial charge in [-0.2, -0.15) is 0 Å². The summed E-state index contributed by atoms with van der Waals surface area (Å²) in [7, 11) is 0. The van der Waals surface area contributed by atoms with E-state index in [1.165, 1.54) is 24.3 Å². The largest absolute Gasteiger partial charge is 0.494 e. The first-order valence-electron chi connectivity index (χ1n) is 8.61. The maximum Gasteiger partial charge on any atom is 0.338 e. The molecule has 144 valence electrons. The fourth-order valence-electron chi connectivity index (χ4n) is 2.81. The van der Waals surface area contributed by atoms with Crippen molar-refractivity contribution in [3.8, 4) is 11.6 Å². The molecule has 0 aliphatic heterocycles. The topological polar surface area (TPSA) is 93.3 Å². The number of benzene rings is 2. The summed E-state index contributed by atoms with van der Waals surface area (Å²) < 4.78 is 1.85. The Morgan fingerprint density at radius 2 is 1.71 bits per heavy atom.